The number of amides is 1. The Bertz CT molecular complexity index is 1020. The Balaban J connectivity index is 1.34. The molecule has 166 valence electrons. The molecule has 31 heavy (non-hydrogen) atoms. The molecule has 0 aromatic heterocycles. The first-order chi connectivity index (χ1) is 15.0. The Morgan fingerprint density at radius 3 is 2.61 bits per heavy atom. The zero-order chi connectivity index (χ0) is 21.8. The van der Waals surface area contributed by atoms with Crippen LogP contribution in [0.1, 0.15) is 38.2 Å². The second kappa shape index (κ2) is 9.40. The molecule has 1 aliphatic carbocycles. The molecule has 1 N–H and O–H groups in total. The largest absolute Gasteiger partial charge is 0.372 e. The summed E-state index contributed by atoms with van der Waals surface area (Å²) in [4.78, 5) is 17.0. The van der Waals surface area contributed by atoms with Crippen molar-refractivity contribution in [3.05, 3.63) is 54.1 Å². The van der Waals surface area contributed by atoms with E-state index in [-0.39, 0.29) is 16.7 Å². The molecule has 1 amide bonds. The number of fused-ring (bicyclic) bond motifs is 1. The molecule has 2 aliphatic rings. The van der Waals surface area contributed by atoms with E-state index >= 15 is 0 Å². The first-order valence-electron chi connectivity index (χ1n) is 11.2. The minimum Gasteiger partial charge on any atom is -0.372 e. The van der Waals surface area contributed by atoms with E-state index in [1.165, 1.54) is 0 Å². The first kappa shape index (κ1) is 21.8. The Labute approximate surface area is 185 Å². The van der Waals surface area contributed by atoms with Gasteiger partial charge in [0, 0.05) is 43.5 Å². The number of benzene rings is 2. The van der Waals surface area contributed by atoms with Gasteiger partial charge in [0.2, 0.25) is 15.9 Å². The van der Waals surface area contributed by atoms with Gasteiger partial charge in [-0.15, -0.1) is 0 Å². The van der Waals surface area contributed by atoms with Gasteiger partial charge in [0.05, 0.1) is 4.90 Å². The molecule has 7 heteroatoms. The topological polar surface area (TPSA) is 69.7 Å². The van der Waals surface area contributed by atoms with Crippen LogP contribution in [0.4, 0.5) is 11.4 Å². The van der Waals surface area contributed by atoms with Crippen LogP contribution >= 0.6 is 0 Å². The summed E-state index contributed by atoms with van der Waals surface area (Å²) < 4.78 is 28.3. The molecule has 1 fully saturated rings. The molecule has 0 spiro atoms. The van der Waals surface area contributed by atoms with Crippen LogP contribution in [0, 0.1) is 5.92 Å². The van der Waals surface area contributed by atoms with Crippen molar-refractivity contribution in [1.29, 1.82) is 0 Å². The van der Waals surface area contributed by atoms with E-state index in [2.05, 4.69) is 28.7 Å². The molecule has 1 saturated carbocycles. The quantitative estimate of drug-likeness (QED) is 0.604. The normalized spacial score (nSPS) is 16.1. The van der Waals surface area contributed by atoms with Crippen LogP contribution in [0.15, 0.2) is 53.4 Å². The predicted octanol–water partition coefficient (Wildman–Crippen LogP) is 3.57. The summed E-state index contributed by atoms with van der Waals surface area (Å²) in [5.41, 5.74) is 2.96. The summed E-state index contributed by atoms with van der Waals surface area (Å²) in [5.74, 6) is 0.340. The van der Waals surface area contributed by atoms with Crippen LogP contribution in [-0.2, 0) is 21.2 Å². The second-order valence-electron chi connectivity index (χ2n) is 8.32. The summed E-state index contributed by atoms with van der Waals surface area (Å²) >= 11 is 0. The zero-order valence-electron chi connectivity index (χ0n) is 18.1. The van der Waals surface area contributed by atoms with Crippen LogP contribution in [0.2, 0.25) is 0 Å². The number of rotatable bonds is 9. The number of nitrogens with one attached hydrogen (secondary N) is 1. The van der Waals surface area contributed by atoms with Crippen LogP contribution in [-0.4, -0.2) is 40.5 Å². The van der Waals surface area contributed by atoms with Crippen LogP contribution in [0.5, 0.6) is 0 Å². The van der Waals surface area contributed by atoms with E-state index in [1.54, 1.807) is 18.2 Å². The SMILES string of the molecule is CCN(CCCNS(=O)(=O)c1ccc2c(c1)CCN2C(=O)C1CCC1)c1ccccc1. The molecule has 4 rings (SSSR count). The number of hydrogen-bond donors (Lipinski definition) is 1. The van der Waals surface area contributed by atoms with Crippen molar-refractivity contribution in [1.82, 2.24) is 4.72 Å². The van der Waals surface area contributed by atoms with E-state index in [4.69, 9.17) is 0 Å². The molecule has 0 atom stereocenters. The third-order valence-corrected chi connectivity index (χ3v) is 7.84. The van der Waals surface area contributed by atoms with Crippen molar-refractivity contribution < 1.29 is 13.2 Å². The van der Waals surface area contributed by atoms with Gasteiger partial charge in [-0.3, -0.25) is 4.79 Å². The summed E-state index contributed by atoms with van der Waals surface area (Å²) in [5, 5.41) is 0. The van der Waals surface area contributed by atoms with Gasteiger partial charge in [-0.05, 0) is 68.5 Å². The maximum Gasteiger partial charge on any atom is 0.240 e. The molecule has 0 unspecified atom stereocenters. The van der Waals surface area contributed by atoms with Crippen molar-refractivity contribution in [2.45, 2.75) is 43.9 Å². The lowest BCUT2D eigenvalue weighted by Crippen LogP contribution is -2.37. The van der Waals surface area contributed by atoms with Crippen molar-refractivity contribution in [3.8, 4) is 0 Å². The molecule has 1 heterocycles. The maximum absolute atomic E-state index is 12.8. The molecular formula is C24H31N3O3S. The Kier molecular flexibility index (Phi) is 6.62. The van der Waals surface area contributed by atoms with E-state index < -0.39 is 10.0 Å². The monoisotopic (exact) mass is 441 g/mol. The minimum absolute atomic E-state index is 0.148. The van der Waals surface area contributed by atoms with Gasteiger partial charge in [0.25, 0.3) is 0 Å². The van der Waals surface area contributed by atoms with Gasteiger partial charge >= 0.3 is 0 Å². The van der Waals surface area contributed by atoms with Crippen LogP contribution in [0.25, 0.3) is 0 Å². The predicted molar refractivity (Wildman–Crippen MR) is 124 cm³/mol. The number of nitrogens with zero attached hydrogens (tertiary/aromatic N) is 2. The average molecular weight is 442 g/mol. The second-order valence-corrected chi connectivity index (χ2v) is 10.1. The van der Waals surface area contributed by atoms with Crippen molar-refractivity contribution in [3.63, 3.8) is 0 Å². The van der Waals surface area contributed by atoms with Crippen molar-refractivity contribution in [2.24, 2.45) is 5.92 Å². The molecule has 1 aliphatic heterocycles. The summed E-state index contributed by atoms with van der Waals surface area (Å²) in [6, 6.07) is 15.3. The maximum atomic E-state index is 12.8. The van der Waals surface area contributed by atoms with E-state index in [0.29, 0.717) is 19.5 Å². The van der Waals surface area contributed by atoms with Crippen LogP contribution in [0.3, 0.4) is 0 Å². The number of carbonyl (C=O) groups excluding carboxylic acids is 1. The van der Waals surface area contributed by atoms with Crippen molar-refractivity contribution >= 4 is 27.3 Å². The Morgan fingerprint density at radius 2 is 1.94 bits per heavy atom. The van der Waals surface area contributed by atoms with Gasteiger partial charge in [-0.2, -0.15) is 0 Å². The number of para-hydroxylation sites is 1. The van der Waals surface area contributed by atoms with Gasteiger partial charge < -0.3 is 9.80 Å². The standard InChI is InChI=1S/C24H31N3O3S/c1-2-26(21-10-4-3-5-11-21)16-7-15-25-31(29,30)22-12-13-23-20(18-22)14-17-27(23)24(28)19-8-6-9-19/h3-5,10-13,18-19,25H,2,6-9,14-17H2,1H3. The fourth-order valence-corrected chi connectivity index (χ4v) is 5.44. The van der Waals surface area contributed by atoms with Gasteiger partial charge in [-0.1, -0.05) is 24.6 Å². The Hall–Kier alpha value is -2.38. The number of hydrogen-bond acceptors (Lipinski definition) is 4. The number of carbonyl (C=O) groups is 1. The lowest BCUT2D eigenvalue weighted by Gasteiger charge is -2.29. The molecule has 2 aromatic rings. The molecule has 6 nitrogen and oxygen atoms in total. The highest BCUT2D eigenvalue weighted by molar-refractivity contribution is 7.89. The Morgan fingerprint density at radius 1 is 1.16 bits per heavy atom. The molecular weight excluding hydrogens is 410 g/mol. The summed E-state index contributed by atoms with van der Waals surface area (Å²) in [6.45, 7) is 4.78. The average Bonchev–Trinajstić information content (AvgIpc) is 3.16. The minimum atomic E-state index is -3.57. The van der Waals surface area contributed by atoms with E-state index in [0.717, 1.165) is 55.7 Å². The summed E-state index contributed by atoms with van der Waals surface area (Å²) in [6.07, 6.45) is 4.50. The zero-order valence-corrected chi connectivity index (χ0v) is 18.9. The van der Waals surface area contributed by atoms with Gasteiger partial charge in [0.1, 0.15) is 0 Å². The molecule has 2 aromatic carbocycles. The smallest absolute Gasteiger partial charge is 0.240 e. The third kappa shape index (κ3) is 4.77. The van der Waals surface area contributed by atoms with E-state index in [1.807, 2.05) is 23.1 Å². The summed E-state index contributed by atoms with van der Waals surface area (Å²) in [7, 11) is -3.57. The lowest BCUT2D eigenvalue weighted by atomic mass is 9.84. The highest BCUT2D eigenvalue weighted by Gasteiger charge is 2.33. The molecule has 0 radical (unpaired) electrons. The fraction of sp³-hybridized carbons (Fsp3) is 0.458. The van der Waals surface area contributed by atoms with Crippen molar-refractivity contribution in [2.75, 3.05) is 36.0 Å². The molecule has 0 saturated heterocycles. The fourth-order valence-electron chi connectivity index (χ4n) is 4.32. The highest BCUT2D eigenvalue weighted by Crippen LogP contribution is 2.35. The number of anilines is 2. The highest BCUT2D eigenvalue weighted by atomic mass is 32.2. The first-order valence-corrected chi connectivity index (χ1v) is 12.7. The van der Waals surface area contributed by atoms with E-state index in [9.17, 15) is 13.2 Å². The van der Waals surface area contributed by atoms with Gasteiger partial charge in [-0.25, -0.2) is 13.1 Å². The van der Waals surface area contributed by atoms with Crippen LogP contribution < -0.4 is 14.5 Å². The number of sulfonamides is 1. The van der Waals surface area contributed by atoms with Gasteiger partial charge in [0.15, 0.2) is 0 Å². The molecule has 0 bridgehead atoms. The third-order valence-electron chi connectivity index (χ3n) is 6.38. The lowest BCUT2D eigenvalue weighted by molar-refractivity contribution is -0.124.